The summed E-state index contributed by atoms with van der Waals surface area (Å²) in [5.41, 5.74) is 0. The van der Waals surface area contributed by atoms with Gasteiger partial charge in [0.2, 0.25) is 0 Å². The maximum absolute atomic E-state index is 11.5. The summed E-state index contributed by atoms with van der Waals surface area (Å²) in [5.74, 6) is 0.630. The van der Waals surface area contributed by atoms with Crippen LogP contribution in [0.4, 0.5) is 4.79 Å². The average Bonchev–Trinajstić information content (AvgIpc) is 2.67. The van der Waals surface area contributed by atoms with Crippen molar-refractivity contribution in [1.82, 2.24) is 5.32 Å². The predicted molar refractivity (Wildman–Crippen MR) is 63.3 cm³/mol. The number of alkyl carbamates (subject to hydrolysis) is 1. The van der Waals surface area contributed by atoms with E-state index in [1.54, 1.807) is 0 Å². The second-order valence-corrected chi connectivity index (χ2v) is 5.12. The van der Waals surface area contributed by atoms with Crippen LogP contribution in [0.2, 0.25) is 0 Å². The van der Waals surface area contributed by atoms with Crippen molar-refractivity contribution in [2.24, 2.45) is 5.92 Å². The lowest BCUT2D eigenvalue weighted by atomic mass is 9.97. The van der Waals surface area contributed by atoms with Gasteiger partial charge in [-0.3, -0.25) is 0 Å². The maximum Gasteiger partial charge on any atom is 0.407 e. The summed E-state index contributed by atoms with van der Waals surface area (Å²) in [5, 5.41) is 2.85. The normalized spacial score (nSPS) is 32.9. The first kappa shape index (κ1) is 11.7. The van der Waals surface area contributed by atoms with E-state index in [1.807, 2.05) is 0 Å². The van der Waals surface area contributed by atoms with Crippen LogP contribution in [0.25, 0.3) is 0 Å². The predicted octanol–water partition coefficient (Wildman–Crippen LogP) is 3.24. The molecular formula is C13H23NO2. The molecule has 1 saturated heterocycles. The summed E-state index contributed by atoms with van der Waals surface area (Å²) in [6.07, 6.45) is 11.1. The van der Waals surface area contributed by atoms with Gasteiger partial charge in [0, 0.05) is 6.54 Å². The molecule has 2 fully saturated rings. The molecule has 2 rings (SSSR count). The molecule has 0 spiro atoms. The fraction of sp³-hybridized carbons (Fsp3) is 0.923. The number of hydrogen-bond donors (Lipinski definition) is 1. The Morgan fingerprint density at radius 2 is 1.69 bits per heavy atom. The monoisotopic (exact) mass is 225 g/mol. The zero-order valence-electron chi connectivity index (χ0n) is 10.0. The lowest BCUT2D eigenvalue weighted by Crippen LogP contribution is -2.31. The van der Waals surface area contributed by atoms with Crippen molar-refractivity contribution in [3.05, 3.63) is 0 Å². The molecule has 0 aromatic rings. The van der Waals surface area contributed by atoms with Gasteiger partial charge in [-0.15, -0.1) is 0 Å². The first-order valence-corrected chi connectivity index (χ1v) is 6.81. The third-order valence-electron chi connectivity index (χ3n) is 3.87. The topological polar surface area (TPSA) is 38.3 Å². The van der Waals surface area contributed by atoms with Gasteiger partial charge in [-0.25, -0.2) is 4.79 Å². The molecule has 3 heteroatoms. The van der Waals surface area contributed by atoms with Gasteiger partial charge in [0.05, 0.1) is 0 Å². The summed E-state index contributed by atoms with van der Waals surface area (Å²) >= 11 is 0. The lowest BCUT2D eigenvalue weighted by molar-refractivity contribution is 0.0719. The largest absolute Gasteiger partial charge is 0.446 e. The first-order chi connectivity index (χ1) is 7.86. The van der Waals surface area contributed by atoms with E-state index >= 15 is 0 Å². The van der Waals surface area contributed by atoms with E-state index in [0.717, 1.165) is 19.4 Å². The van der Waals surface area contributed by atoms with Crippen LogP contribution < -0.4 is 5.32 Å². The van der Waals surface area contributed by atoms with Gasteiger partial charge in [0.15, 0.2) is 0 Å². The van der Waals surface area contributed by atoms with Gasteiger partial charge in [-0.1, -0.05) is 25.7 Å². The van der Waals surface area contributed by atoms with E-state index in [2.05, 4.69) is 5.32 Å². The van der Waals surface area contributed by atoms with E-state index in [4.69, 9.17) is 4.74 Å². The van der Waals surface area contributed by atoms with Crippen molar-refractivity contribution >= 4 is 6.09 Å². The Morgan fingerprint density at radius 1 is 0.938 bits per heavy atom. The van der Waals surface area contributed by atoms with Gasteiger partial charge in [0.1, 0.15) is 6.10 Å². The van der Waals surface area contributed by atoms with Crippen molar-refractivity contribution in [3.8, 4) is 0 Å². The molecule has 0 radical (unpaired) electrons. The molecule has 92 valence electrons. The summed E-state index contributed by atoms with van der Waals surface area (Å²) in [7, 11) is 0. The second-order valence-electron chi connectivity index (χ2n) is 5.12. The van der Waals surface area contributed by atoms with Crippen molar-refractivity contribution in [2.45, 2.75) is 63.9 Å². The highest BCUT2D eigenvalue weighted by Crippen LogP contribution is 2.32. The zero-order chi connectivity index (χ0) is 11.2. The van der Waals surface area contributed by atoms with Gasteiger partial charge in [-0.05, 0) is 38.0 Å². The van der Waals surface area contributed by atoms with Crippen molar-refractivity contribution in [3.63, 3.8) is 0 Å². The van der Waals surface area contributed by atoms with Crippen molar-refractivity contribution in [1.29, 1.82) is 0 Å². The Morgan fingerprint density at radius 3 is 2.62 bits per heavy atom. The Kier molecular flexibility index (Phi) is 4.49. The second kappa shape index (κ2) is 6.12. The van der Waals surface area contributed by atoms with Crippen LogP contribution in [-0.4, -0.2) is 18.7 Å². The standard InChI is InChI=1S/C13H23NO2/c15-13-14-10-5-3-1-2-4-7-11-8-6-9-12(11)16-13/h11-12H,1-10H2,(H,14,15). The van der Waals surface area contributed by atoms with Crippen LogP contribution in [0, 0.1) is 5.92 Å². The number of fused-ring (bicyclic) bond motifs is 1. The molecule has 0 aromatic heterocycles. The van der Waals surface area contributed by atoms with Gasteiger partial charge in [0.25, 0.3) is 0 Å². The van der Waals surface area contributed by atoms with Gasteiger partial charge in [-0.2, -0.15) is 0 Å². The summed E-state index contributed by atoms with van der Waals surface area (Å²) < 4.78 is 5.50. The molecule has 0 aromatic carbocycles. The minimum Gasteiger partial charge on any atom is -0.446 e. The van der Waals surface area contributed by atoms with Crippen LogP contribution in [0.5, 0.6) is 0 Å². The fourth-order valence-corrected chi connectivity index (χ4v) is 2.92. The average molecular weight is 225 g/mol. The molecule has 1 saturated carbocycles. The lowest BCUT2D eigenvalue weighted by Gasteiger charge is -2.21. The molecule has 1 aliphatic carbocycles. The fourth-order valence-electron chi connectivity index (χ4n) is 2.92. The highest BCUT2D eigenvalue weighted by Gasteiger charge is 2.29. The minimum atomic E-state index is -0.197. The SMILES string of the molecule is O=C1NCCCCCCCC2CCCC2O1. The van der Waals surface area contributed by atoms with E-state index in [0.29, 0.717) is 5.92 Å². The molecule has 1 N–H and O–H groups in total. The van der Waals surface area contributed by atoms with Crippen molar-refractivity contribution in [2.75, 3.05) is 6.54 Å². The number of carbonyl (C=O) groups excluding carboxylic acids is 1. The van der Waals surface area contributed by atoms with Crippen LogP contribution >= 0.6 is 0 Å². The molecule has 3 nitrogen and oxygen atoms in total. The van der Waals surface area contributed by atoms with E-state index in [-0.39, 0.29) is 12.2 Å². The minimum absolute atomic E-state index is 0.194. The number of carbonyl (C=O) groups is 1. The van der Waals surface area contributed by atoms with Crippen LogP contribution in [0.1, 0.15) is 57.8 Å². The Balaban J connectivity index is 1.86. The summed E-state index contributed by atoms with van der Waals surface area (Å²) in [4.78, 5) is 11.5. The zero-order valence-corrected chi connectivity index (χ0v) is 10.0. The van der Waals surface area contributed by atoms with Crippen LogP contribution in [0.15, 0.2) is 0 Å². The number of hydrogen-bond acceptors (Lipinski definition) is 2. The van der Waals surface area contributed by atoms with E-state index < -0.39 is 0 Å². The maximum atomic E-state index is 11.5. The quantitative estimate of drug-likeness (QED) is 0.687. The third kappa shape index (κ3) is 3.39. The van der Waals surface area contributed by atoms with E-state index in [1.165, 1.54) is 44.9 Å². The van der Waals surface area contributed by atoms with Gasteiger partial charge >= 0.3 is 6.09 Å². The summed E-state index contributed by atoms with van der Waals surface area (Å²) in [6, 6.07) is 0. The smallest absolute Gasteiger partial charge is 0.407 e. The third-order valence-corrected chi connectivity index (χ3v) is 3.87. The number of amides is 1. The van der Waals surface area contributed by atoms with Gasteiger partial charge < -0.3 is 10.1 Å². The highest BCUT2D eigenvalue weighted by atomic mass is 16.6. The molecule has 1 amide bonds. The Bertz CT molecular complexity index is 230. The van der Waals surface area contributed by atoms with Crippen LogP contribution in [-0.2, 0) is 4.74 Å². The highest BCUT2D eigenvalue weighted by molar-refractivity contribution is 5.67. The molecular weight excluding hydrogens is 202 g/mol. The molecule has 1 heterocycles. The van der Waals surface area contributed by atoms with Crippen molar-refractivity contribution < 1.29 is 9.53 Å². The number of ether oxygens (including phenoxy) is 1. The molecule has 2 atom stereocenters. The number of nitrogens with one attached hydrogen (secondary N) is 1. The Labute approximate surface area is 97.9 Å². The summed E-state index contributed by atoms with van der Waals surface area (Å²) in [6.45, 7) is 0.774. The molecule has 16 heavy (non-hydrogen) atoms. The van der Waals surface area contributed by atoms with Crippen LogP contribution in [0.3, 0.4) is 0 Å². The molecule has 2 unspecified atom stereocenters. The number of rotatable bonds is 0. The van der Waals surface area contributed by atoms with E-state index in [9.17, 15) is 4.79 Å². The first-order valence-electron chi connectivity index (χ1n) is 6.81. The Hall–Kier alpha value is -0.730. The molecule has 1 aliphatic heterocycles. The molecule has 2 aliphatic rings. The molecule has 0 bridgehead atoms.